The Morgan fingerprint density at radius 2 is 1.57 bits per heavy atom. The molecule has 0 bridgehead atoms. The van der Waals surface area contributed by atoms with Gasteiger partial charge in [0, 0.05) is 5.39 Å². The maximum Gasteiger partial charge on any atom is 0.201 e. The average Bonchev–Trinajstić information content (AvgIpc) is 2.59. The molecule has 0 unspecified atom stereocenters. The van der Waals surface area contributed by atoms with Crippen molar-refractivity contribution in [3.05, 3.63) is 60.2 Å². The molecule has 3 aromatic carbocycles. The lowest BCUT2D eigenvalue weighted by Gasteiger charge is -2.10. The second kappa shape index (κ2) is 6.24. The van der Waals surface area contributed by atoms with Crippen molar-refractivity contribution >= 4 is 10.8 Å². The van der Waals surface area contributed by atoms with Crippen molar-refractivity contribution in [3.8, 4) is 22.6 Å². The van der Waals surface area contributed by atoms with Crippen LogP contribution >= 0.6 is 0 Å². The first-order chi connectivity index (χ1) is 11.1. The first kappa shape index (κ1) is 15.3. The summed E-state index contributed by atoms with van der Waals surface area (Å²) in [5.74, 6) is -1.16. The number of ether oxygens (including phenoxy) is 2. The second-order valence-electron chi connectivity index (χ2n) is 5.10. The number of methoxy groups -OCH3 is 1. The molecule has 0 heterocycles. The number of rotatable bonds is 4. The van der Waals surface area contributed by atoms with Crippen LogP contribution < -0.4 is 9.47 Å². The van der Waals surface area contributed by atoms with E-state index in [0.717, 1.165) is 16.9 Å². The van der Waals surface area contributed by atoms with Crippen LogP contribution in [0.25, 0.3) is 21.9 Å². The van der Waals surface area contributed by atoms with Gasteiger partial charge in [0.25, 0.3) is 0 Å². The average molecular weight is 314 g/mol. The lowest BCUT2D eigenvalue weighted by Crippen LogP contribution is -1.98. The highest BCUT2D eigenvalue weighted by Crippen LogP contribution is 2.32. The van der Waals surface area contributed by atoms with E-state index in [1.165, 1.54) is 6.07 Å². The summed E-state index contributed by atoms with van der Waals surface area (Å²) in [5.41, 5.74) is 1.71. The summed E-state index contributed by atoms with van der Waals surface area (Å²) >= 11 is 0. The normalized spacial score (nSPS) is 10.8. The minimum absolute atomic E-state index is 0.0605. The van der Waals surface area contributed by atoms with Crippen molar-refractivity contribution in [2.45, 2.75) is 6.92 Å². The third-order valence-electron chi connectivity index (χ3n) is 3.71. The molecule has 0 aliphatic rings. The standard InChI is InChI=1S/C19H16F2O2/c1-3-23-17-11-14-5-4-13(10-16(14)18(20)19(17)21)12-6-8-15(22-2)9-7-12/h4-11H,3H2,1-2H3. The molecule has 0 fully saturated rings. The molecule has 4 heteroatoms. The quantitative estimate of drug-likeness (QED) is 0.659. The summed E-state index contributed by atoms with van der Waals surface area (Å²) in [7, 11) is 1.60. The van der Waals surface area contributed by atoms with Crippen molar-refractivity contribution in [2.75, 3.05) is 13.7 Å². The van der Waals surface area contributed by atoms with Crippen LogP contribution in [0.2, 0.25) is 0 Å². The molecule has 0 aliphatic carbocycles. The predicted octanol–water partition coefficient (Wildman–Crippen LogP) is 5.19. The molecule has 0 amide bonds. The van der Waals surface area contributed by atoms with Crippen LogP contribution in [0, 0.1) is 11.6 Å². The number of hydrogen-bond donors (Lipinski definition) is 0. The molecule has 0 aliphatic heterocycles. The van der Waals surface area contributed by atoms with Gasteiger partial charge in [-0.15, -0.1) is 0 Å². The number of halogens is 2. The van der Waals surface area contributed by atoms with Crippen LogP contribution in [0.15, 0.2) is 48.5 Å². The van der Waals surface area contributed by atoms with Crippen LogP contribution in [0.3, 0.4) is 0 Å². The van der Waals surface area contributed by atoms with Gasteiger partial charge in [-0.3, -0.25) is 0 Å². The third kappa shape index (κ3) is 2.84. The molecule has 118 valence electrons. The summed E-state index contributed by atoms with van der Waals surface area (Å²) in [4.78, 5) is 0. The van der Waals surface area contributed by atoms with E-state index in [9.17, 15) is 8.78 Å². The Bertz CT molecular complexity index is 842. The van der Waals surface area contributed by atoms with Crippen LogP contribution in [-0.4, -0.2) is 13.7 Å². The van der Waals surface area contributed by atoms with E-state index in [0.29, 0.717) is 5.39 Å². The largest absolute Gasteiger partial charge is 0.497 e. The Hall–Kier alpha value is -2.62. The molecule has 0 saturated heterocycles. The highest BCUT2D eigenvalue weighted by Gasteiger charge is 2.15. The zero-order valence-electron chi connectivity index (χ0n) is 12.9. The lowest BCUT2D eigenvalue weighted by atomic mass is 10.0. The van der Waals surface area contributed by atoms with Crippen molar-refractivity contribution in [2.24, 2.45) is 0 Å². The molecule has 2 nitrogen and oxygen atoms in total. The van der Waals surface area contributed by atoms with Crippen molar-refractivity contribution < 1.29 is 18.3 Å². The van der Waals surface area contributed by atoms with Crippen LogP contribution in [0.4, 0.5) is 8.78 Å². The maximum absolute atomic E-state index is 14.3. The summed E-state index contributed by atoms with van der Waals surface area (Å²) in [6.45, 7) is 2.01. The lowest BCUT2D eigenvalue weighted by molar-refractivity contribution is 0.315. The highest BCUT2D eigenvalue weighted by molar-refractivity contribution is 5.89. The van der Waals surface area contributed by atoms with Gasteiger partial charge in [0.1, 0.15) is 5.75 Å². The fraction of sp³-hybridized carbons (Fsp3) is 0.158. The van der Waals surface area contributed by atoms with E-state index < -0.39 is 11.6 Å². The highest BCUT2D eigenvalue weighted by atomic mass is 19.2. The number of hydrogen-bond acceptors (Lipinski definition) is 2. The van der Waals surface area contributed by atoms with E-state index in [-0.39, 0.29) is 17.7 Å². The van der Waals surface area contributed by atoms with Gasteiger partial charge in [-0.2, -0.15) is 4.39 Å². The van der Waals surface area contributed by atoms with Gasteiger partial charge < -0.3 is 9.47 Å². The summed E-state index contributed by atoms with van der Waals surface area (Å²) < 4.78 is 38.6. The maximum atomic E-state index is 14.3. The Balaban J connectivity index is 2.10. The van der Waals surface area contributed by atoms with Crippen molar-refractivity contribution in [1.82, 2.24) is 0 Å². The van der Waals surface area contributed by atoms with Gasteiger partial charge in [-0.1, -0.05) is 24.3 Å². The van der Waals surface area contributed by atoms with Crippen LogP contribution in [-0.2, 0) is 0 Å². The minimum atomic E-state index is -0.953. The molecular weight excluding hydrogens is 298 g/mol. The molecular formula is C19H16F2O2. The predicted molar refractivity (Wildman–Crippen MR) is 87.0 cm³/mol. The molecule has 0 aromatic heterocycles. The fourth-order valence-electron chi connectivity index (χ4n) is 2.53. The summed E-state index contributed by atoms with van der Waals surface area (Å²) in [5, 5.41) is 0.837. The second-order valence-corrected chi connectivity index (χ2v) is 5.10. The van der Waals surface area contributed by atoms with Gasteiger partial charge in [-0.05, 0) is 47.7 Å². The zero-order chi connectivity index (χ0) is 16.4. The molecule has 3 rings (SSSR count). The molecule has 23 heavy (non-hydrogen) atoms. The topological polar surface area (TPSA) is 18.5 Å². The van der Waals surface area contributed by atoms with Crippen LogP contribution in [0.1, 0.15) is 6.92 Å². The SMILES string of the molecule is CCOc1cc2ccc(-c3ccc(OC)cc3)cc2c(F)c1F. The molecule has 0 spiro atoms. The van der Waals surface area contributed by atoms with Crippen LogP contribution in [0.5, 0.6) is 11.5 Å². The first-order valence-corrected chi connectivity index (χ1v) is 7.33. The van der Waals surface area contributed by atoms with Gasteiger partial charge >= 0.3 is 0 Å². The van der Waals surface area contributed by atoms with Crippen molar-refractivity contribution in [1.29, 1.82) is 0 Å². The first-order valence-electron chi connectivity index (χ1n) is 7.33. The van der Waals surface area contributed by atoms with Gasteiger partial charge in [-0.25, -0.2) is 4.39 Å². The van der Waals surface area contributed by atoms with E-state index in [2.05, 4.69) is 0 Å². The van der Waals surface area contributed by atoms with E-state index in [1.807, 2.05) is 30.3 Å². The van der Waals surface area contributed by atoms with E-state index in [1.54, 1.807) is 26.2 Å². The Labute approximate surface area is 133 Å². The van der Waals surface area contributed by atoms with Crippen molar-refractivity contribution in [3.63, 3.8) is 0 Å². The zero-order valence-corrected chi connectivity index (χ0v) is 12.9. The Kier molecular flexibility index (Phi) is 4.15. The minimum Gasteiger partial charge on any atom is -0.497 e. The van der Waals surface area contributed by atoms with E-state index >= 15 is 0 Å². The third-order valence-corrected chi connectivity index (χ3v) is 3.71. The number of fused-ring (bicyclic) bond motifs is 1. The van der Waals surface area contributed by atoms with Gasteiger partial charge in [0.05, 0.1) is 13.7 Å². The number of benzene rings is 3. The molecule has 0 radical (unpaired) electrons. The Morgan fingerprint density at radius 3 is 2.22 bits per heavy atom. The molecule has 0 atom stereocenters. The van der Waals surface area contributed by atoms with Gasteiger partial charge in [0.15, 0.2) is 11.6 Å². The monoisotopic (exact) mass is 314 g/mol. The van der Waals surface area contributed by atoms with E-state index in [4.69, 9.17) is 9.47 Å². The van der Waals surface area contributed by atoms with Gasteiger partial charge in [0.2, 0.25) is 5.82 Å². The summed E-state index contributed by atoms with van der Waals surface area (Å²) in [6.07, 6.45) is 0. The smallest absolute Gasteiger partial charge is 0.201 e. The molecule has 3 aromatic rings. The Morgan fingerprint density at radius 1 is 0.870 bits per heavy atom. The summed E-state index contributed by atoms with van der Waals surface area (Å²) in [6, 6.07) is 14.2. The fourth-order valence-corrected chi connectivity index (χ4v) is 2.53. The molecule has 0 N–H and O–H groups in total. The molecule has 0 saturated carbocycles.